The fourth-order valence-corrected chi connectivity index (χ4v) is 3.93. The molecule has 1 N–H and O–H groups in total. The lowest BCUT2D eigenvalue weighted by Gasteiger charge is -2.32. The van der Waals surface area contributed by atoms with Gasteiger partial charge in [-0.1, -0.05) is 48.7 Å². The predicted octanol–water partition coefficient (Wildman–Crippen LogP) is 4.85. The highest BCUT2D eigenvalue weighted by Gasteiger charge is 2.32. The maximum atomic E-state index is 13.5. The first-order valence-corrected chi connectivity index (χ1v) is 10.5. The molecular weight excluding hydrogens is 414 g/mol. The second kappa shape index (κ2) is 10.1. The predicted molar refractivity (Wildman–Crippen MR) is 112 cm³/mol. The third-order valence-electron chi connectivity index (χ3n) is 5.15. The molecule has 0 heterocycles. The van der Waals surface area contributed by atoms with Crippen LogP contribution in [0.15, 0.2) is 48.5 Å². The van der Waals surface area contributed by atoms with Gasteiger partial charge in [0.25, 0.3) is 0 Å². The smallest absolute Gasteiger partial charge is 0.247 e. The largest absolute Gasteiger partial charge is 0.351 e. The molecule has 3 rings (SSSR count). The number of carbonyl (C=O) groups is 2. The third kappa shape index (κ3) is 5.71. The van der Waals surface area contributed by atoms with Crippen LogP contribution in [-0.4, -0.2) is 28.6 Å². The summed E-state index contributed by atoms with van der Waals surface area (Å²) in [6, 6.07) is 11.9. The Morgan fingerprint density at radius 1 is 1.07 bits per heavy atom. The van der Waals surface area contributed by atoms with Crippen molar-refractivity contribution in [2.24, 2.45) is 0 Å². The van der Waals surface area contributed by atoms with E-state index >= 15 is 0 Å². The molecule has 0 spiro atoms. The highest BCUT2D eigenvalue weighted by molar-refractivity contribution is 6.30. The van der Waals surface area contributed by atoms with Gasteiger partial charge >= 0.3 is 0 Å². The standard InChI is InChI=1S/C22H23Cl2FN2O2/c23-13-20(28)27(14-15-5-9-17(24)10-6-15)21(16-7-11-18(25)12-8-16)22(29)26-19-3-1-2-4-19/h5-12,19,21H,1-4,13-14H2,(H,26,29)/t21-/m1/s1. The summed E-state index contributed by atoms with van der Waals surface area (Å²) in [6.45, 7) is 0.183. The van der Waals surface area contributed by atoms with E-state index in [4.69, 9.17) is 23.2 Å². The van der Waals surface area contributed by atoms with Gasteiger partial charge in [0.2, 0.25) is 11.8 Å². The van der Waals surface area contributed by atoms with Crippen molar-refractivity contribution < 1.29 is 14.0 Å². The Morgan fingerprint density at radius 2 is 1.69 bits per heavy atom. The number of rotatable bonds is 7. The van der Waals surface area contributed by atoms with Gasteiger partial charge in [0.15, 0.2) is 0 Å². The maximum Gasteiger partial charge on any atom is 0.247 e. The monoisotopic (exact) mass is 436 g/mol. The molecule has 7 heteroatoms. The van der Waals surface area contributed by atoms with Gasteiger partial charge in [-0.3, -0.25) is 9.59 Å². The molecule has 1 saturated carbocycles. The van der Waals surface area contributed by atoms with Crippen molar-refractivity contribution in [3.05, 3.63) is 70.5 Å². The van der Waals surface area contributed by atoms with Gasteiger partial charge < -0.3 is 10.2 Å². The van der Waals surface area contributed by atoms with E-state index in [1.54, 1.807) is 24.3 Å². The average Bonchev–Trinajstić information content (AvgIpc) is 3.22. The molecule has 0 radical (unpaired) electrons. The molecule has 1 fully saturated rings. The summed E-state index contributed by atoms with van der Waals surface area (Å²) in [7, 11) is 0. The number of nitrogens with zero attached hydrogens (tertiary/aromatic N) is 1. The first kappa shape index (κ1) is 21.6. The highest BCUT2D eigenvalue weighted by Crippen LogP contribution is 2.27. The van der Waals surface area contributed by atoms with Gasteiger partial charge in [-0.15, -0.1) is 11.6 Å². The topological polar surface area (TPSA) is 49.4 Å². The molecule has 0 unspecified atom stereocenters. The van der Waals surface area contributed by atoms with Crippen LogP contribution in [0.5, 0.6) is 0 Å². The average molecular weight is 437 g/mol. The van der Waals surface area contributed by atoms with Crippen LogP contribution in [0.25, 0.3) is 0 Å². The summed E-state index contributed by atoms with van der Waals surface area (Å²) < 4.78 is 13.5. The fourth-order valence-electron chi connectivity index (χ4n) is 3.65. The Morgan fingerprint density at radius 3 is 2.28 bits per heavy atom. The maximum absolute atomic E-state index is 13.5. The Balaban J connectivity index is 1.94. The normalized spacial score (nSPS) is 15.1. The van der Waals surface area contributed by atoms with Crippen LogP contribution >= 0.6 is 23.2 Å². The number of carbonyl (C=O) groups excluding carboxylic acids is 2. The molecule has 29 heavy (non-hydrogen) atoms. The summed E-state index contributed by atoms with van der Waals surface area (Å²) >= 11 is 11.8. The van der Waals surface area contributed by atoms with Gasteiger partial charge in [-0.05, 0) is 48.2 Å². The van der Waals surface area contributed by atoms with Crippen LogP contribution in [-0.2, 0) is 16.1 Å². The van der Waals surface area contributed by atoms with Crippen molar-refractivity contribution >= 4 is 35.0 Å². The van der Waals surface area contributed by atoms with Crippen molar-refractivity contribution in [1.29, 1.82) is 0 Å². The van der Waals surface area contributed by atoms with Crippen LogP contribution in [0.1, 0.15) is 42.9 Å². The Kier molecular flexibility index (Phi) is 7.51. The molecule has 0 bridgehead atoms. The van der Waals surface area contributed by atoms with E-state index < -0.39 is 11.9 Å². The molecular formula is C22H23Cl2FN2O2. The molecule has 0 aliphatic heterocycles. The van der Waals surface area contributed by atoms with Crippen LogP contribution < -0.4 is 5.32 Å². The lowest BCUT2D eigenvalue weighted by molar-refractivity contribution is -0.140. The number of benzene rings is 2. The quantitative estimate of drug-likeness (QED) is 0.630. The van der Waals surface area contributed by atoms with E-state index in [2.05, 4.69) is 5.32 Å². The summed E-state index contributed by atoms with van der Waals surface area (Å²) in [6.07, 6.45) is 3.98. The van der Waals surface area contributed by atoms with Crippen LogP contribution in [0.4, 0.5) is 4.39 Å². The van der Waals surface area contributed by atoms with E-state index in [1.807, 2.05) is 0 Å². The zero-order chi connectivity index (χ0) is 20.8. The lowest BCUT2D eigenvalue weighted by Crippen LogP contribution is -2.46. The van der Waals surface area contributed by atoms with E-state index in [-0.39, 0.29) is 30.3 Å². The highest BCUT2D eigenvalue weighted by atomic mass is 35.5. The SMILES string of the molecule is O=C(NC1CCCC1)[C@@H](c1ccc(F)cc1)N(Cc1ccc(Cl)cc1)C(=O)CCl. The van der Waals surface area contributed by atoms with Crippen molar-refractivity contribution in [3.8, 4) is 0 Å². The van der Waals surface area contributed by atoms with Crippen LogP contribution in [0, 0.1) is 5.82 Å². The van der Waals surface area contributed by atoms with Crippen LogP contribution in [0.2, 0.25) is 5.02 Å². The van der Waals surface area contributed by atoms with E-state index in [9.17, 15) is 14.0 Å². The lowest BCUT2D eigenvalue weighted by atomic mass is 10.0. The number of alkyl halides is 1. The van der Waals surface area contributed by atoms with E-state index in [0.29, 0.717) is 10.6 Å². The molecule has 0 saturated heterocycles. The minimum Gasteiger partial charge on any atom is -0.351 e. The first-order chi connectivity index (χ1) is 14.0. The minimum atomic E-state index is -0.905. The van der Waals surface area contributed by atoms with Gasteiger partial charge in [-0.2, -0.15) is 0 Å². The van der Waals surface area contributed by atoms with Gasteiger partial charge in [-0.25, -0.2) is 4.39 Å². The van der Waals surface area contributed by atoms with Crippen molar-refractivity contribution in [3.63, 3.8) is 0 Å². The van der Waals surface area contributed by atoms with Gasteiger partial charge in [0.1, 0.15) is 17.7 Å². The number of hydrogen-bond acceptors (Lipinski definition) is 2. The molecule has 2 aromatic rings. The Hall–Kier alpha value is -2.11. The molecule has 1 aliphatic rings. The Labute approximate surface area is 180 Å². The number of nitrogens with one attached hydrogen (secondary N) is 1. The zero-order valence-corrected chi connectivity index (χ0v) is 17.4. The molecule has 1 atom stereocenters. The Bertz CT molecular complexity index is 837. The number of halogens is 3. The second-order valence-corrected chi connectivity index (χ2v) is 7.93. The fraction of sp³-hybridized carbons (Fsp3) is 0.364. The molecule has 154 valence electrons. The molecule has 2 amide bonds. The van der Waals surface area contributed by atoms with Crippen molar-refractivity contribution in [2.75, 3.05) is 5.88 Å². The third-order valence-corrected chi connectivity index (χ3v) is 5.63. The summed E-state index contributed by atoms with van der Waals surface area (Å²) in [4.78, 5) is 27.4. The van der Waals surface area contributed by atoms with Crippen molar-refractivity contribution in [2.45, 2.75) is 44.3 Å². The molecule has 1 aliphatic carbocycles. The molecule has 2 aromatic carbocycles. The van der Waals surface area contributed by atoms with E-state index in [0.717, 1.165) is 31.2 Å². The minimum absolute atomic E-state index is 0.0916. The second-order valence-electron chi connectivity index (χ2n) is 7.23. The zero-order valence-electron chi connectivity index (χ0n) is 15.9. The van der Waals surface area contributed by atoms with E-state index in [1.165, 1.54) is 29.2 Å². The molecule has 4 nitrogen and oxygen atoms in total. The van der Waals surface area contributed by atoms with Crippen LogP contribution in [0.3, 0.4) is 0 Å². The first-order valence-electron chi connectivity index (χ1n) is 9.63. The molecule has 0 aromatic heterocycles. The number of amides is 2. The van der Waals surface area contributed by atoms with Gasteiger partial charge in [0, 0.05) is 17.6 Å². The van der Waals surface area contributed by atoms with Gasteiger partial charge in [0.05, 0.1) is 0 Å². The number of hydrogen-bond donors (Lipinski definition) is 1. The van der Waals surface area contributed by atoms with Crippen molar-refractivity contribution in [1.82, 2.24) is 10.2 Å². The summed E-state index contributed by atoms with van der Waals surface area (Å²) in [5.41, 5.74) is 1.35. The summed E-state index contributed by atoms with van der Waals surface area (Å²) in [5, 5.41) is 3.64. The summed E-state index contributed by atoms with van der Waals surface area (Å²) in [5.74, 6) is -1.33.